The van der Waals surface area contributed by atoms with Gasteiger partial charge in [-0.15, -0.1) is 0 Å². The molecule has 4 heteroatoms. The van der Waals surface area contributed by atoms with Gasteiger partial charge in [0, 0.05) is 24.5 Å². The third kappa shape index (κ3) is 3.67. The summed E-state index contributed by atoms with van der Waals surface area (Å²) >= 11 is 0. The number of aliphatic hydroxyl groups is 1. The first-order valence-electron chi connectivity index (χ1n) is 7.08. The molecule has 0 amide bonds. The van der Waals surface area contributed by atoms with Crippen molar-refractivity contribution >= 4 is 29.0 Å². The van der Waals surface area contributed by atoms with Gasteiger partial charge in [0.25, 0.3) is 0 Å². The summed E-state index contributed by atoms with van der Waals surface area (Å²) in [5.41, 5.74) is 3.72. The molecule has 1 heterocycles. The third-order valence-corrected chi connectivity index (χ3v) is 3.34. The maximum atomic E-state index is 8.91. The van der Waals surface area contributed by atoms with Crippen LogP contribution in [0.5, 0.6) is 0 Å². The van der Waals surface area contributed by atoms with Crippen molar-refractivity contribution in [2.45, 2.75) is 13.8 Å². The number of para-hydroxylation sites is 1. The summed E-state index contributed by atoms with van der Waals surface area (Å²) in [6.45, 7) is 4.99. The summed E-state index contributed by atoms with van der Waals surface area (Å²) in [6, 6.07) is 8.06. The van der Waals surface area contributed by atoms with Crippen LogP contribution in [0.2, 0.25) is 0 Å². The zero-order chi connectivity index (χ0) is 15.2. The Balaban J connectivity index is 2.47. The number of benzene rings is 1. The number of fused-ring (bicyclic) bond motifs is 1. The van der Waals surface area contributed by atoms with E-state index < -0.39 is 0 Å². The fourth-order valence-corrected chi connectivity index (χ4v) is 1.99. The summed E-state index contributed by atoms with van der Waals surface area (Å²) in [7, 11) is 1.99. The van der Waals surface area contributed by atoms with Gasteiger partial charge in [0.1, 0.15) is 0 Å². The van der Waals surface area contributed by atoms with Gasteiger partial charge >= 0.3 is 0 Å². The van der Waals surface area contributed by atoms with Crippen LogP contribution in [0.1, 0.15) is 18.2 Å². The lowest BCUT2D eigenvalue weighted by molar-refractivity contribution is 0.343. The fraction of sp³-hybridized carbons (Fsp3) is 0.294. The number of hydrogen-bond acceptors (Lipinski definition) is 3. The quantitative estimate of drug-likeness (QED) is 0.677. The minimum Gasteiger partial charge on any atom is -0.392 e. The van der Waals surface area contributed by atoms with Crippen LogP contribution in [-0.2, 0) is 0 Å². The minimum absolute atomic E-state index is 0.0289. The van der Waals surface area contributed by atoms with E-state index in [-0.39, 0.29) is 6.61 Å². The third-order valence-electron chi connectivity index (χ3n) is 3.34. The maximum absolute atomic E-state index is 8.91. The lowest BCUT2D eigenvalue weighted by Crippen LogP contribution is -2.14. The van der Waals surface area contributed by atoms with Crippen LogP contribution in [0.4, 0.5) is 5.69 Å². The molecule has 2 rings (SSSR count). The second-order valence-corrected chi connectivity index (χ2v) is 4.91. The van der Waals surface area contributed by atoms with Gasteiger partial charge in [0.15, 0.2) is 0 Å². The van der Waals surface area contributed by atoms with Crippen molar-refractivity contribution in [2.24, 2.45) is 4.99 Å². The molecule has 0 bridgehead atoms. The van der Waals surface area contributed by atoms with Gasteiger partial charge in [0.05, 0.1) is 29.8 Å². The van der Waals surface area contributed by atoms with Crippen LogP contribution < -0.4 is 0 Å². The van der Waals surface area contributed by atoms with E-state index in [4.69, 9.17) is 5.11 Å². The van der Waals surface area contributed by atoms with E-state index in [0.29, 0.717) is 0 Å². The number of aliphatic hydroxyl groups excluding tert-OH is 1. The fourth-order valence-electron chi connectivity index (χ4n) is 1.99. The molecule has 0 aliphatic rings. The number of aryl methyl sites for hydroxylation is 1. The molecule has 0 fully saturated rings. The van der Waals surface area contributed by atoms with Gasteiger partial charge in [-0.2, -0.15) is 0 Å². The van der Waals surface area contributed by atoms with Gasteiger partial charge in [-0.1, -0.05) is 30.4 Å². The summed E-state index contributed by atoms with van der Waals surface area (Å²) in [6.07, 6.45) is 5.43. The average Bonchev–Trinajstić information content (AvgIpc) is 2.50. The van der Waals surface area contributed by atoms with Crippen molar-refractivity contribution in [1.29, 1.82) is 0 Å². The Morgan fingerprint density at radius 1 is 1.38 bits per heavy atom. The normalized spacial score (nSPS) is 11.8. The number of pyridine rings is 1. The van der Waals surface area contributed by atoms with Crippen LogP contribution in [0.3, 0.4) is 0 Å². The summed E-state index contributed by atoms with van der Waals surface area (Å²) < 4.78 is 0. The molecule has 110 valence electrons. The van der Waals surface area contributed by atoms with Crippen molar-refractivity contribution < 1.29 is 5.11 Å². The molecule has 0 unspecified atom stereocenters. The average molecular weight is 283 g/mol. The Kier molecular flexibility index (Phi) is 5.06. The standard InChI is InChI=1S/C17H21N3O/c1-4-20(3)12-18-16-11-15-8-5-7-14(9-6-10-21)17(15)19-13(16)2/h5-9,11-12,21H,4,10H2,1-3H3/b9-6+,18-12?. The molecule has 1 aromatic carbocycles. The molecule has 0 atom stereocenters. The molecule has 0 spiro atoms. The molecule has 21 heavy (non-hydrogen) atoms. The number of nitrogens with zero attached hydrogens (tertiary/aromatic N) is 3. The summed E-state index contributed by atoms with van der Waals surface area (Å²) in [5.74, 6) is 0. The van der Waals surface area contributed by atoms with E-state index in [1.54, 1.807) is 6.08 Å². The predicted octanol–water partition coefficient (Wildman–Crippen LogP) is 3.16. The Hall–Kier alpha value is -2.20. The van der Waals surface area contributed by atoms with Gasteiger partial charge in [-0.3, -0.25) is 4.98 Å². The molecule has 0 aliphatic heterocycles. The molecule has 4 nitrogen and oxygen atoms in total. The van der Waals surface area contributed by atoms with E-state index in [1.165, 1.54) is 0 Å². The molecule has 0 saturated carbocycles. The van der Waals surface area contributed by atoms with Crippen molar-refractivity contribution in [2.75, 3.05) is 20.2 Å². The van der Waals surface area contributed by atoms with Gasteiger partial charge < -0.3 is 10.0 Å². The molecule has 1 N–H and O–H groups in total. The SMILES string of the molecule is CCN(C)C=Nc1cc2cccc(/C=C/CO)c2nc1C. The largest absolute Gasteiger partial charge is 0.392 e. The molecule has 0 saturated heterocycles. The van der Waals surface area contributed by atoms with Crippen LogP contribution in [0.25, 0.3) is 17.0 Å². The molecular weight excluding hydrogens is 262 g/mol. The molecule has 0 radical (unpaired) electrons. The number of aliphatic imine (C=N–C) groups is 1. The molecule has 1 aromatic heterocycles. The number of hydrogen-bond donors (Lipinski definition) is 1. The summed E-state index contributed by atoms with van der Waals surface area (Å²) in [5, 5.41) is 9.96. The topological polar surface area (TPSA) is 48.7 Å². The highest BCUT2D eigenvalue weighted by molar-refractivity contribution is 5.89. The van der Waals surface area contributed by atoms with Gasteiger partial charge in [0.2, 0.25) is 0 Å². The first-order chi connectivity index (χ1) is 10.2. The summed E-state index contributed by atoms with van der Waals surface area (Å²) in [4.78, 5) is 11.2. The van der Waals surface area contributed by atoms with E-state index in [9.17, 15) is 0 Å². The van der Waals surface area contributed by atoms with Crippen LogP contribution in [0, 0.1) is 6.92 Å². The predicted molar refractivity (Wildman–Crippen MR) is 89.1 cm³/mol. The first-order valence-corrected chi connectivity index (χ1v) is 7.08. The molecule has 2 aromatic rings. The number of aromatic nitrogens is 1. The Labute approximate surface area is 125 Å². The smallest absolute Gasteiger partial charge is 0.0910 e. The first kappa shape index (κ1) is 15.2. The van der Waals surface area contributed by atoms with Crippen molar-refractivity contribution in [3.8, 4) is 0 Å². The Morgan fingerprint density at radius 3 is 2.90 bits per heavy atom. The van der Waals surface area contributed by atoms with E-state index in [0.717, 1.165) is 34.4 Å². The van der Waals surface area contributed by atoms with Crippen LogP contribution >= 0.6 is 0 Å². The van der Waals surface area contributed by atoms with E-state index in [1.807, 2.05) is 55.6 Å². The van der Waals surface area contributed by atoms with E-state index >= 15 is 0 Å². The van der Waals surface area contributed by atoms with Gasteiger partial charge in [-0.05, 0) is 19.9 Å². The second kappa shape index (κ2) is 6.99. The van der Waals surface area contributed by atoms with Crippen LogP contribution in [-0.4, -0.2) is 41.5 Å². The van der Waals surface area contributed by atoms with Gasteiger partial charge in [-0.25, -0.2) is 4.99 Å². The highest BCUT2D eigenvalue weighted by atomic mass is 16.2. The lowest BCUT2D eigenvalue weighted by atomic mass is 10.1. The van der Waals surface area contributed by atoms with Crippen molar-refractivity contribution in [3.05, 3.63) is 41.6 Å². The monoisotopic (exact) mass is 283 g/mol. The Bertz CT molecular complexity index is 677. The van der Waals surface area contributed by atoms with Crippen molar-refractivity contribution in [1.82, 2.24) is 9.88 Å². The second-order valence-electron chi connectivity index (χ2n) is 4.91. The Morgan fingerprint density at radius 2 is 2.19 bits per heavy atom. The van der Waals surface area contributed by atoms with E-state index in [2.05, 4.69) is 16.9 Å². The maximum Gasteiger partial charge on any atom is 0.0910 e. The number of rotatable bonds is 5. The highest BCUT2D eigenvalue weighted by Crippen LogP contribution is 2.25. The highest BCUT2D eigenvalue weighted by Gasteiger charge is 2.05. The molecule has 0 aliphatic carbocycles. The zero-order valence-corrected chi connectivity index (χ0v) is 12.7. The molecular formula is C17H21N3O. The zero-order valence-electron chi connectivity index (χ0n) is 12.7. The minimum atomic E-state index is 0.0289. The van der Waals surface area contributed by atoms with Crippen LogP contribution in [0.15, 0.2) is 35.3 Å². The lowest BCUT2D eigenvalue weighted by Gasteiger charge is -2.10. The van der Waals surface area contributed by atoms with Crippen molar-refractivity contribution in [3.63, 3.8) is 0 Å².